The number of hydrogen-bond acceptors (Lipinski definition) is 4. The van der Waals surface area contributed by atoms with E-state index < -0.39 is 0 Å². The predicted octanol–water partition coefficient (Wildman–Crippen LogP) is 7.01. The van der Waals surface area contributed by atoms with E-state index in [1.165, 1.54) is 32.1 Å². The molecule has 4 unspecified atom stereocenters. The third kappa shape index (κ3) is 4.46. The minimum Gasteiger partial charge on any atom is -0.458 e. The second-order valence-electron chi connectivity index (χ2n) is 11.7. The molecule has 0 N–H and O–H groups in total. The van der Waals surface area contributed by atoms with Crippen LogP contribution in [0.15, 0.2) is 35.5 Å². The highest BCUT2D eigenvalue weighted by molar-refractivity contribution is 5.69. The van der Waals surface area contributed by atoms with E-state index in [0.717, 1.165) is 12.8 Å². The van der Waals surface area contributed by atoms with Crippen LogP contribution in [-0.4, -0.2) is 32.1 Å². The molecule has 0 radical (unpaired) electrons. The van der Waals surface area contributed by atoms with Crippen LogP contribution in [0.4, 0.5) is 0 Å². The third-order valence-electron chi connectivity index (χ3n) is 10.1. The molecule has 0 aromatic heterocycles. The van der Waals surface area contributed by atoms with Crippen LogP contribution in [0.3, 0.4) is 0 Å². The quantitative estimate of drug-likeness (QED) is 0.217. The summed E-state index contributed by atoms with van der Waals surface area (Å²) in [5.41, 5.74) is 3.84. The van der Waals surface area contributed by atoms with E-state index in [1.807, 2.05) is 19.9 Å². The lowest BCUT2D eigenvalue weighted by atomic mass is 9.50. The van der Waals surface area contributed by atoms with Crippen molar-refractivity contribution in [2.24, 2.45) is 34.5 Å². The van der Waals surface area contributed by atoms with Crippen molar-refractivity contribution in [2.45, 2.75) is 98.2 Å². The normalized spacial score (nSPS) is 38.9. The molecule has 3 fully saturated rings. The fourth-order valence-corrected chi connectivity index (χ4v) is 8.16. The maximum Gasteiger partial charge on any atom is 0.306 e. The molecule has 0 heterocycles. The minimum absolute atomic E-state index is 0.0935. The van der Waals surface area contributed by atoms with Crippen LogP contribution >= 0.6 is 0 Å². The van der Waals surface area contributed by atoms with Crippen molar-refractivity contribution in [1.29, 1.82) is 0 Å². The summed E-state index contributed by atoms with van der Waals surface area (Å²) in [5, 5.41) is 0. The van der Waals surface area contributed by atoms with Crippen LogP contribution in [0, 0.1) is 34.5 Å². The summed E-state index contributed by atoms with van der Waals surface area (Å²) in [6.45, 7) is 11.7. The van der Waals surface area contributed by atoms with E-state index in [-0.39, 0.29) is 29.0 Å². The maximum atomic E-state index is 12.1. The Morgan fingerprint density at radius 1 is 1.15 bits per heavy atom. The first-order valence-corrected chi connectivity index (χ1v) is 13.6. The second-order valence-corrected chi connectivity index (χ2v) is 11.7. The molecule has 0 bridgehead atoms. The highest BCUT2D eigenvalue weighted by atomic mass is 16.7. The van der Waals surface area contributed by atoms with Crippen LogP contribution in [0.5, 0.6) is 0 Å². The van der Waals surface area contributed by atoms with Gasteiger partial charge in [-0.3, -0.25) is 4.79 Å². The molecule has 190 valence electrons. The van der Waals surface area contributed by atoms with Gasteiger partial charge in [0.1, 0.15) is 12.9 Å². The molecule has 8 atom stereocenters. The number of carbonyl (C=O) groups is 1. The molecule has 0 aromatic rings. The first-order chi connectivity index (χ1) is 16.3. The highest BCUT2D eigenvalue weighted by Gasteiger charge is 2.57. The minimum atomic E-state index is -0.123. The summed E-state index contributed by atoms with van der Waals surface area (Å²) in [4.78, 5) is 12.1. The van der Waals surface area contributed by atoms with Gasteiger partial charge in [0.2, 0.25) is 0 Å². The molecule has 0 saturated heterocycles. The third-order valence-corrected chi connectivity index (χ3v) is 10.1. The van der Waals surface area contributed by atoms with Crippen molar-refractivity contribution in [3.63, 3.8) is 0 Å². The van der Waals surface area contributed by atoms with Gasteiger partial charge in [-0.25, -0.2) is 0 Å². The van der Waals surface area contributed by atoms with Crippen LogP contribution in [-0.2, 0) is 19.0 Å². The second kappa shape index (κ2) is 10.3. The lowest BCUT2D eigenvalue weighted by Crippen LogP contribution is -2.47. The largest absolute Gasteiger partial charge is 0.458 e. The zero-order valence-corrected chi connectivity index (χ0v) is 22.3. The molecule has 34 heavy (non-hydrogen) atoms. The fraction of sp³-hybridized carbons (Fsp3) is 0.767. The van der Waals surface area contributed by atoms with Crippen LogP contribution in [0.25, 0.3) is 0 Å². The molecule has 4 rings (SSSR count). The monoisotopic (exact) mass is 470 g/mol. The van der Waals surface area contributed by atoms with Crippen molar-refractivity contribution >= 4 is 5.97 Å². The first-order valence-electron chi connectivity index (χ1n) is 13.6. The Kier molecular flexibility index (Phi) is 7.79. The SMILES string of the molecule is C/C=C/C(OC(=O)CC)C(C)C1CC[C@H]2C3=CC=C4CC(OCOC)CC[C@]4(C)[C@H]3CC[C@]12C. The number of esters is 1. The number of allylic oxidation sites excluding steroid dienone is 4. The van der Waals surface area contributed by atoms with Crippen LogP contribution in [0.2, 0.25) is 0 Å². The van der Waals surface area contributed by atoms with E-state index in [4.69, 9.17) is 14.2 Å². The Hall–Kier alpha value is -1.39. The van der Waals surface area contributed by atoms with Crippen LogP contribution in [0.1, 0.15) is 86.0 Å². The van der Waals surface area contributed by atoms with Crippen molar-refractivity contribution in [2.75, 3.05) is 13.9 Å². The molecule has 4 aliphatic carbocycles. The number of carbonyl (C=O) groups excluding carboxylic acids is 1. The first kappa shape index (κ1) is 25.7. The van der Waals surface area contributed by atoms with Gasteiger partial charge in [0.05, 0.1) is 6.10 Å². The number of fused-ring (bicyclic) bond motifs is 5. The number of ether oxygens (including phenoxy) is 3. The molecular weight excluding hydrogens is 424 g/mol. The molecule has 0 spiro atoms. The van der Waals surface area contributed by atoms with Crippen molar-refractivity contribution in [3.05, 3.63) is 35.5 Å². The Bertz CT molecular complexity index is 841. The van der Waals surface area contributed by atoms with E-state index in [9.17, 15) is 4.79 Å². The molecule has 4 nitrogen and oxygen atoms in total. The van der Waals surface area contributed by atoms with E-state index in [1.54, 1.807) is 18.3 Å². The smallest absolute Gasteiger partial charge is 0.306 e. The van der Waals surface area contributed by atoms with Crippen molar-refractivity contribution in [3.8, 4) is 0 Å². The van der Waals surface area contributed by atoms with E-state index in [0.29, 0.717) is 36.9 Å². The van der Waals surface area contributed by atoms with E-state index >= 15 is 0 Å². The molecule has 0 aromatic carbocycles. The molecular formula is C30H46O4. The van der Waals surface area contributed by atoms with Crippen molar-refractivity contribution < 1.29 is 19.0 Å². The van der Waals surface area contributed by atoms with Gasteiger partial charge in [0, 0.05) is 19.4 Å². The average molecular weight is 471 g/mol. The van der Waals surface area contributed by atoms with Gasteiger partial charge in [-0.05, 0) is 86.5 Å². The van der Waals surface area contributed by atoms with Crippen molar-refractivity contribution in [1.82, 2.24) is 0 Å². The summed E-state index contributed by atoms with van der Waals surface area (Å²) in [6.07, 6.45) is 18.1. The topological polar surface area (TPSA) is 44.8 Å². The van der Waals surface area contributed by atoms with Gasteiger partial charge in [0.15, 0.2) is 0 Å². The predicted molar refractivity (Wildman–Crippen MR) is 136 cm³/mol. The Morgan fingerprint density at radius 2 is 1.94 bits per heavy atom. The van der Waals surface area contributed by atoms with Gasteiger partial charge < -0.3 is 14.2 Å². The lowest BCUT2D eigenvalue weighted by Gasteiger charge is -2.55. The van der Waals surface area contributed by atoms with Gasteiger partial charge >= 0.3 is 5.97 Å². The zero-order valence-electron chi connectivity index (χ0n) is 22.3. The van der Waals surface area contributed by atoms with Gasteiger partial charge in [-0.1, -0.05) is 57.1 Å². The Morgan fingerprint density at radius 3 is 2.65 bits per heavy atom. The van der Waals surface area contributed by atoms with Gasteiger partial charge in [-0.15, -0.1) is 0 Å². The Labute approximate surface area is 207 Å². The summed E-state index contributed by atoms with van der Waals surface area (Å²) in [6, 6.07) is 0. The Balaban J connectivity index is 1.55. The van der Waals surface area contributed by atoms with E-state index in [2.05, 4.69) is 39.0 Å². The maximum absolute atomic E-state index is 12.1. The summed E-state index contributed by atoms with van der Waals surface area (Å²) in [7, 11) is 1.70. The van der Waals surface area contributed by atoms with Gasteiger partial charge in [0.25, 0.3) is 0 Å². The number of rotatable bonds is 8. The number of methoxy groups -OCH3 is 1. The summed E-state index contributed by atoms with van der Waals surface area (Å²) < 4.78 is 17.0. The van der Waals surface area contributed by atoms with Crippen LogP contribution < -0.4 is 0 Å². The fourth-order valence-electron chi connectivity index (χ4n) is 8.16. The zero-order chi connectivity index (χ0) is 24.5. The molecule has 0 aliphatic heterocycles. The van der Waals surface area contributed by atoms with Gasteiger partial charge in [-0.2, -0.15) is 0 Å². The highest BCUT2D eigenvalue weighted by Crippen LogP contribution is 2.66. The average Bonchev–Trinajstić information content (AvgIpc) is 3.19. The molecule has 0 amide bonds. The number of hydrogen-bond donors (Lipinski definition) is 0. The standard InChI is InChI=1S/C30H46O4/c1-7-9-27(34-28(31)8-2)20(3)24-12-13-25-23-11-10-21-18-22(33-19-32-6)14-16-29(21,4)26(23)15-17-30(24,25)5/h7,9-11,20,22,24-27H,8,12-19H2,1-6H3/b9-7+/t20?,22?,24?,25-,26-,27?,29-,30+/m0/s1. The summed E-state index contributed by atoms with van der Waals surface area (Å²) in [5.74, 6) is 2.11. The lowest BCUT2D eigenvalue weighted by molar-refractivity contribution is -0.150. The summed E-state index contributed by atoms with van der Waals surface area (Å²) >= 11 is 0. The molecule has 4 heteroatoms. The molecule has 4 aliphatic rings. The molecule has 3 saturated carbocycles.